The highest BCUT2D eigenvalue weighted by molar-refractivity contribution is 7.80. The molecular weight excluding hydrogens is 366 g/mol. The first-order valence-electron chi connectivity index (χ1n) is 7.94. The van der Waals surface area contributed by atoms with Crippen molar-refractivity contribution < 1.29 is 19.1 Å². The maximum absolute atomic E-state index is 12.3. The summed E-state index contributed by atoms with van der Waals surface area (Å²) >= 11 is 5.14. The van der Waals surface area contributed by atoms with Crippen LogP contribution in [0.5, 0.6) is 0 Å². The van der Waals surface area contributed by atoms with Crippen molar-refractivity contribution in [2.24, 2.45) is 0 Å². The van der Waals surface area contributed by atoms with Crippen LogP contribution in [-0.2, 0) is 4.74 Å². The van der Waals surface area contributed by atoms with Gasteiger partial charge in [-0.3, -0.25) is 14.9 Å². The number of nitrogens with one attached hydrogen (secondary N) is 2. The average Bonchev–Trinajstić information content (AvgIpc) is 2.67. The lowest BCUT2D eigenvalue weighted by Gasteiger charge is -2.12. The van der Waals surface area contributed by atoms with E-state index >= 15 is 0 Å². The lowest BCUT2D eigenvalue weighted by molar-refractivity contribution is 0.0600. The molecule has 0 aliphatic carbocycles. The fourth-order valence-corrected chi connectivity index (χ4v) is 2.41. The zero-order chi connectivity index (χ0) is 20.0. The summed E-state index contributed by atoms with van der Waals surface area (Å²) < 4.78 is 4.64. The van der Waals surface area contributed by atoms with Gasteiger partial charge in [-0.15, -0.1) is 0 Å². The molecule has 27 heavy (non-hydrogen) atoms. The first kappa shape index (κ1) is 20.1. The number of anilines is 1. The third-order valence-electron chi connectivity index (χ3n) is 3.57. The van der Waals surface area contributed by atoms with Crippen LogP contribution in [0.2, 0.25) is 0 Å². The molecule has 140 valence electrons. The molecule has 2 N–H and O–H groups in total. The monoisotopic (exact) mass is 385 g/mol. The summed E-state index contributed by atoms with van der Waals surface area (Å²) in [5, 5.41) is 5.50. The van der Waals surface area contributed by atoms with Crippen molar-refractivity contribution in [3.63, 3.8) is 0 Å². The van der Waals surface area contributed by atoms with Gasteiger partial charge in [-0.25, -0.2) is 4.79 Å². The Morgan fingerprint density at radius 1 is 0.963 bits per heavy atom. The zero-order valence-corrected chi connectivity index (χ0v) is 15.9. The van der Waals surface area contributed by atoms with Gasteiger partial charge in [-0.1, -0.05) is 6.07 Å². The van der Waals surface area contributed by atoms with E-state index in [1.165, 1.54) is 18.1 Å². The van der Waals surface area contributed by atoms with Crippen LogP contribution in [-0.4, -0.2) is 49.0 Å². The highest BCUT2D eigenvalue weighted by Gasteiger charge is 2.12. The molecule has 2 aromatic rings. The molecule has 0 aliphatic heterocycles. The summed E-state index contributed by atoms with van der Waals surface area (Å²) in [4.78, 5) is 37.2. The number of amides is 2. The van der Waals surface area contributed by atoms with Crippen LogP contribution < -0.4 is 10.6 Å². The summed E-state index contributed by atoms with van der Waals surface area (Å²) in [6.45, 7) is 0. The van der Waals surface area contributed by atoms with Gasteiger partial charge in [0.05, 0.1) is 12.7 Å². The van der Waals surface area contributed by atoms with E-state index in [-0.39, 0.29) is 22.1 Å². The largest absolute Gasteiger partial charge is 0.465 e. The molecule has 0 bridgehead atoms. The number of nitrogens with zero attached hydrogens (tertiary/aromatic N) is 1. The first-order chi connectivity index (χ1) is 12.8. The van der Waals surface area contributed by atoms with Gasteiger partial charge in [0.15, 0.2) is 5.11 Å². The van der Waals surface area contributed by atoms with Crippen molar-refractivity contribution in [1.82, 2.24) is 10.2 Å². The van der Waals surface area contributed by atoms with Crippen LogP contribution in [0.3, 0.4) is 0 Å². The molecular formula is C19H19N3O4S. The second-order valence-electron chi connectivity index (χ2n) is 5.76. The molecule has 0 radical (unpaired) electrons. The molecule has 2 amide bonds. The van der Waals surface area contributed by atoms with Crippen LogP contribution in [0.4, 0.5) is 5.69 Å². The smallest absolute Gasteiger partial charge is 0.337 e. The second kappa shape index (κ2) is 8.91. The number of carbonyl (C=O) groups excluding carboxylic acids is 3. The van der Waals surface area contributed by atoms with Gasteiger partial charge in [-0.2, -0.15) is 0 Å². The molecule has 0 aromatic heterocycles. The highest BCUT2D eigenvalue weighted by Crippen LogP contribution is 2.11. The number of hydrogen-bond donors (Lipinski definition) is 2. The Kier molecular flexibility index (Phi) is 6.62. The topological polar surface area (TPSA) is 87.7 Å². The quantitative estimate of drug-likeness (QED) is 0.620. The molecule has 2 rings (SSSR count). The van der Waals surface area contributed by atoms with E-state index < -0.39 is 11.9 Å². The first-order valence-corrected chi connectivity index (χ1v) is 8.35. The number of hydrogen-bond acceptors (Lipinski definition) is 5. The number of carbonyl (C=O) groups is 3. The van der Waals surface area contributed by atoms with Crippen LogP contribution >= 0.6 is 12.2 Å². The molecule has 0 fully saturated rings. The van der Waals surface area contributed by atoms with Crippen molar-refractivity contribution in [3.05, 3.63) is 65.2 Å². The number of methoxy groups -OCH3 is 1. The summed E-state index contributed by atoms with van der Waals surface area (Å²) in [6.07, 6.45) is 0. The molecule has 2 aromatic carbocycles. The van der Waals surface area contributed by atoms with E-state index in [1.54, 1.807) is 56.6 Å². The average molecular weight is 385 g/mol. The van der Waals surface area contributed by atoms with Gasteiger partial charge < -0.3 is 15.0 Å². The minimum atomic E-state index is -0.530. The second-order valence-corrected chi connectivity index (χ2v) is 6.17. The normalized spacial score (nSPS) is 9.89. The van der Waals surface area contributed by atoms with Crippen molar-refractivity contribution >= 4 is 40.8 Å². The van der Waals surface area contributed by atoms with Crippen LogP contribution in [0.25, 0.3) is 0 Å². The van der Waals surface area contributed by atoms with Gasteiger partial charge in [0, 0.05) is 30.9 Å². The fraction of sp³-hybridized carbons (Fsp3) is 0.158. The zero-order valence-electron chi connectivity index (χ0n) is 15.1. The molecule has 0 saturated carbocycles. The Balaban J connectivity index is 2.00. The number of rotatable bonds is 4. The van der Waals surface area contributed by atoms with E-state index in [0.717, 1.165) is 0 Å². The molecule has 0 spiro atoms. The van der Waals surface area contributed by atoms with E-state index in [2.05, 4.69) is 15.4 Å². The molecule has 7 nitrogen and oxygen atoms in total. The molecule has 8 heteroatoms. The maximum atomic E-state index is 12.3. The SMILES string of the molecule is COC(=O)c1cccc(C(=O)NC(=S)Nc2ccc(C(=O)N(C)C)cc2)c1. The van der Waals surface area contributed by atoms with Crippen LogP contribution in [0, 0.1) is 0 Å². The fourth-order valence-electron chi connectivity index (χ4n) is 2.20. The lowest BCUT2D eigenvalue weighted by Crippen LogP contribution is -2.34. The van der Waals surface area contributed by atoms with Crippen LogP contribution in [0.15, 0.2) is 48.5 Å². The minimum absolute atomic E-state index is 0.0927. The maximum Gasteiger partial charge on any atom is 0.337 e. The van der Waals surface area contributed by atoms with Gasteiger partial charge in [-0.05, 0) is 54.7 Å². The molecule has 0 aliphatic rings. The Hall–Kier alpha value is -3.26. The van der Waals surface area contributed by atoms with Gasteiger partial charge in [0.2, 0.25) is 0 Å². The molecule has 0 atom stereocenters. The van der Waals surface area contributed by atoms with E-state index in [9.17, 15) is 14.4 Å². The number of ether oxygens (including phenoxy) is 1. The van der Waals surface area contributed by atoms with E-state index in [1.807, 2.05) is 0 Å². The standard InChI is InChI=1S/C19H19N3O4S/c1-22(2)17(24)12-7-9-15(10-8-12)20-19(27)21-16(23)13-5-4-6-14(11-13)18(25)26-3/h4-11H,1-3H3,(H2,20,21,23,27). The van der Waals surface area contributed by atoms with Crippen molar-refractivity contribution in [2.45, 2.75) is 0 Å². The van der Waals surface area contributed by atoms with Crippen molar-refractivity contribution in [2.75, 3.05) is 26.5 Å². The third kappa shape index (κ3) is 5.35. The molecule has 0 saturated heterocycles. The summed E-state index contributed by atoms with van der Waals surface area (Å²) in [7, 11) is 4.62. The minimum Gasteiger partial charge on any atom is -0.465 e. The summed E-state index contributed by atoms with van der Waals surface area (Å²) in [5.41, 5.74) is 1.71. The summed E-state index contributed by atoms with van der Waals surface area (Å²) in [5.74, 6) is -1.10. The lowest BCUT2D eigenvalue weighted by atomic mass is 10.1. The number of benzene rings is 2. The Morgan fingerprint density at radius 3 is 2.19 bits per heavy atom. The third-order valence-corrected chi connectivity index (χ3v) is 3.77. The Bertz CT molecular complexity index is 879. The molecule has 0 heterocycles. The van der Waals surface area contributed by atoms with Gasteiger partial charge >= 0.3 is 5.97 Å². The number of esters is 1. The van der Waals surface area contributed by atoms with Gasteiger partial charge in [0.25, 0.3) is 11.8 Å². The molecule has 0 unspecified atom stereocenters. The van der Waals surface area contributed by atoms with Gasteiger partial charge in [0.1, 0.15) is 0 Å². The van der Waals surface area contributed by atoms with E-state index in [4.69, 9.17) is 12.2 Å². The predicted octanol–water partition coefficient (Wildman–Crippen LogP) is 2.30. The number of thiocarbonyl (C=S) groups is 1. The Labute approximate surface area is 162 Å². The predicted molar refractivity (Wildman–Crippen MR) is 106 cm³/mol. The van der Waals surface area contributed by atoms with Crippen LogP contribution in [0.1, 0.15) is 31.1 Å². The summed E-state index contributed by atoms with van der Waals surface area (Å²) in [6, 6.07) is 12.8. The van der Waals surface area contributed by atoms with Crippen molar-refractivity contribution in [1.29, 1.82) is 0 Å². The highest BCUT2D eigenvalue weighted by atomic mass is 32.1. The Morgan fingerprint density at radius 2 is 1.59 bits per heavy atom. The van der Waals surface area contributed by atoms with Crippen molar-refractivity contribution in [3.8, 4) is 0 Å². The van der Waals surface area contributed by atoms with E-state index in [0.29, 0.717) is 11.3 Å².